The Hall–Kier alpha value is -2.17. The summed E-state index contributed by atoms with van der Waals surface area (Å²) in [7, 11) is 0. The van der Waals surface area contributed by atoms with Crippen molar-refractivity contribution in [2.24, 2.45) is 0 Å². The summed E-state index contributed by atoms with van der Waals surface area (Å²) in [6, 6.07) is 3.81. The van der Waals surface area contributed by atoms with Crippen molar-refractivity contribution in [2.45, 2.75) is 40.2 Å². The molecule has 0 saturated carbocycles. The average molecular weight is 272 g/mol. The quantitative estimate of drug-likeness (QED) is 0.898. The molecule has 0 aliphatic rings. The highest BCUT2D eigenvalue weighted by molar-refractivity contribution is 5.94. The van der Waals surface area contributed by atoms with E-state index in [4.69, 9.17) is 0 Å². The molecule has 2 N–H and O–H groups in total. The first kappa shape index (κ1) is 14.2. The molecule has 0 aromatic carbocycles. The molecule has 5 nitrogen and oxygen atoms in total. The van der Waals surface area contributed by atoms with Crippen LogP contribution >= 0.6 is 0 Å². The van der Waals surface area contributed by atoms with E-state index in [0.29, 0.717) is 5.69 Å². The van der Waals surface area contributed by atoms with E-state index in [1.54, 1.807) is 6.20 Å². The number of nitrogens with zero attached hydrogens (tertiary/aromatic N) is 2. The van der Waals surface area contributed by atoms with Crippen LogP contribution in [0.4, 0.5) is 0 Å². The number of aromatic nitrogens is 3. The van der Waals surface area contributed by atoms with Gasteiger partial charge in [0.2, 0.25) is 0 Å². The highest BCUT2D eigenvalue weighted by Crippen LogP contribution is 2.14. The van der Waals surface area contributed by atoms with Gasteiger partial charge in [-0.05, 0) is 38.8 Å². The zero-order valence-electron chi connectivity index (χ0n) is 12.3. The first-order valence-electron chi connectivity index (χ1n) is 6.80. The van der Waals surface area contributed by atoms with Gasteiger partial charge in [-0.3, -0.25) is 14.9 Å². The van der Waals surface area contributed by atoms with Gasteiger partial charge in [-0.25, -0.2) is 0 Å². The van der Waals surface area contributed by atoms with Crippen molar-refractivity contribution in [3.63, 3.8) is 0 Å². The van der Waals surface area contributed by atoms with Gasteiger partial charge in [-0.2, -0.15) is 5.10 Å². The van der Waals surface area contributed by atoms with E-state index in [0.717, 1.165) is 28.9 Å². The number of hydrogen-bond donors (Lipinski definition) is 2. The topological polar surface area (TPSA) is 70.7 Å². The number of H-pyrrole nitrogens is 1. The third-order valence-electron chi connectivity index (χ3n) is 3.46. The molecular weight excluding hydrogens is 252 g/mol. The van der Waals surface area contributed by atoms with Gasteiger partial charge in [0.25, 0.3) is 5.91 Å². The van der Waals surface area contributed by atoms with Crippen molar-refractivity contribution in [1.82, 2.24) is 20.5 Å². The molecule has 2 heterocycles. The summed E-state index contributed by atoms with van der Waals surface area (Å²) in [5.74, 6) is -0.161. The minimum atomic E-state index is -0.161. The van der Waals surface area contributed by atoms with Gasteiger partial charge < -0.3 is 5.32 Å². The highest BCUT2D eigenvalue weighted by atomic mass is 16.2. The number of aromatic amines is 1. The Morgan fingerprint density at radius 1 is 1.40 bits per heavy atom. The molecule has 5 heteroatoms. The number of rotatable bonds is 4. The SMILES string of the molecule is CCc1[nH]nc(C(=O)N[C@@H](C)c2ccc(C)nc2)c1C. The lowest BCUT2D eigenvalue weighted by Gasteiger charge is -2.13. The molecule has 1 atom stereocenters. The van der Waals surface area contributed by atoms with Crippen LogP contribution in [-0.2, 0) is 6.42 Å². The van der Waals surface area contributed by atoms with Crippen LogP contribution in [0.3, 0.4) is 0 Å². The maximum Gasteiger partial charge on any atom is 0.272 e. The third kappa shape index (κ3) is 2.87. The minimum absolute atomic E-state index is 0.100. The molecule has 0 unspecified atom stereocenters. The average Bonchev–Trinajstić information content (AvgIpc) is 2.80. The summed E-state index contributed by atoms with van der Waals surface area (Å²) < 4.78 is 0. The van der Waals surface area contributed by atoms with Gasteiger partial charge in [-0.1, -0.05) is 13.0 Å². The Labute approximate surface area is 118 Å². The standard InChI is InChI=1S/C15H20N4O/c1-5-13-10(3)14(19-18-13)15(20)17-11(4)12-7-6-9(2)16-8-12/h6-8,11H,5H2,1-4H3,(H,17,20)(H,18,19)/t11-/m0/s1. The normalized spacial score (nSPS) is 12.2. The van der Waals surface area contributed by atoms with Crippen LogP contribution in [-0.4, -0.2) is 21.1 Å². The Kier molecular flexibility index (Phi) is 4.17. The molecule has 2 aromatic rings. The monoisotopic (exact) mass is 272 g/mol. The molecule has 106 valence electrons. The van der Waals surface area contributed by atoms with Gasteiger partial charge in [0.15, 0.2) is 5.69 Å². The number of carbonyl (C=O) groups excluding carboxylic acids is 1. The van der Waals surface area contributed by atoms with Crippen molar-refractivity contribution in [3.8, 4) is 0 Å². The predicted molar refractivity (Wildman–Crippen MR) is 77.6 cm³/mol. The number of nitrogens with one attached hydrogen (secondary N) is 2. The zero-order chi connectivity index (χ0) is 14.7. The summed E-state index contributed by atoms with van der Waals surface area (Å²) >= 11 is 0. The Balaban J connectivity index is 2.10. The first-order chi connectivity index (χ1) is 9.52. The molecule has 0 radical (unpaired) electrons. The van der Waals surface area contributed by atoms with E-state index < -0.39 is 0 Å². The van der Waals surface area contributed by atoms with Crippen molar-refractivity contribution >= 4 is 5.91 Å². The van der Waals surface area contributed by atoms with Gasteiger partial charge in [0.1, 0.15) is 0 Å². The van der Waals surface area contributed by atoms with Gasteiger partial charge in [0, 0.05) is 23.1 Å². The fourth-order valence-electron chi connectivity index (χ4n) is 2.08. The van der Waals surface area contributed by atoms with Crippen LogP contribution in [0.25, 0.3) is 0 Å². The fraction of sp³-hybridized carbons (Fsp3) is 0.400. The van der Waals surface area contributed by atoms with Crippen LogP contribution in [0.2, 0.25) is 0 Å². The molecule has 0 fully saturated rings. The van der Waals surface area contributed by atoms with E-state index >= 15 is 0 Å². The van der Waals surface area contributed by atoms with Crippen molar-refractivity contribution < 1.29 is 4.79 Å². The van der Waals surface area contributed by atoms with Crippen LogP contribution < -0.4 is 5.32 Å². The maximum atomic E-state index is 12.2. The van der Waals surface area contributed by atoms with Crippen LogP contribution in [0.5, 0.6) is 0 Å². The van der Waals surface area contributed by atoms with Gasteiger partial charge in [0.05, 0.1) is 6.04 Å². The Morgan fingerprint density at radius 2 is 2.15 bits per heavy atom. The van der Waals surface area contributed by atoms with Gasteiger partial charge in [-0.15, -0.1) is 0 Å². The molecule has 1 amide bonds. The Morgan fingerprint density at radius 3 is 2.70 bits per heavy atom. The summed E-state index contributed by atoms with van der Waals surface area (Å²) in [6.07, 6.45) is 2.62. The van der Waals surface area contributed by atoms with Gasteiger partial charge >= 0.3 is 0 Å². The largest absolute Gasteiger partial charge is 0.344 e. The van der Waals surface area contributed by atoms with Crippen LogP contribution in [0.1, 0.15) is 52.9 Å². The molecular formula is C15H20N4O. The lowest BCUT2D eigenvalue weighted by atomic mass is 10.1. The molecule has 0 spiro atoms. The van der Waals surface area contributed by atoms with E-state index in [1.165, 1.54) is 0 Å². The van der Waals surface area contributed by atoms with Crippen molar-refractivity contribution in [1.29, 1.82) is 0 Å². The Bertz CT molecular complexity index is 601. The summed E-state index contributed by atoms with van der Waals surface area (Å²) in [5, 5.41) is 9.95. The molecule has 2 aromatic heterocycles. The summed E-state index contributed by atoms with van der Waals surface area (Å²) in [4.78, 5) is 16.5. The molecule has 0 bridgehead atoms. The molecule has 0 saturated heterocycles. The number of carbonyl (C=O) groups is 1. The first-order valence-corrected chi connectivity index (χ1v) is 6.80. The molecule has 20 heavy (non-hydrogen) atoms. The lowest BCUT2D eigenvalue weighted by Crippen LogP contribution is -2.27. The smallest absolute Gasteiger partial charge is 0.272 e. The molecule has 2 rings (SSSR count). The second kappa shape index (κ2) is 5.86. The van der Waals surface area contributed by atoms with E-state index in [1.807, 2.05) is 39.8 Å². The van der Waals surface area contributed by atoms with Crippen molar-refractivity contribution in [3.05, 3.63) is 46.5 Å². The zero-order valence-corrected chi connectivity index (χ0v) is 12.3. The summed E-state index contributed by atoms with van der Waals surface area (Å²) in [6.45, 7) is 7.82. The lowest BCUT2D eigenvalue weighted by molar-refractivity contribution is 0.0934. The number of pyridine rings is 1. The second-order valence-electron chi connectivity index (χ2n) is 4.96. The van der Waals surface area contributed by atoms with E-state index in [9.17, 15) is 4.79 Å². The molecule has 0 aliphatic heterocycles. The van der Waals surface area contributed by atoms with Crippen LogP contribution in [0.15, 0.2) is 18.3 Å². The van der Waals surface area contributed by atoms with E-state index in [2.05, 4.69) is 20.5 Å². The van der Waals surface area contributed by atoms with Crippen molar-refractivity contribution in [2.75, 3.05) is 0 Å². The third-order valence-corrected chi connectivity index (χ3v) is 3.46. The highest BCUT2D eigenvalue weighted by Gasteiger charge is 2.17. The second-order valence-corrected chi connectivity index (χ2v) is 4.96. The number of aryl methyl sites for hydroxylation is 2. The number of hydrogen-bond acceptors (Lipinski definition) is 3. The van der Waals surface area contributed by atoms with E-state index in [-0.39, 0.29) is 11.9 Å². The minimum Gasteiger partial charge on any atom is -0.344 e. The fourth-order valence-corrected chi connectivity index (χ4v) is 2.08. The predicted octanol–water partition coefficient (Wildman–Crippen LogP) is 2.47. The van der Waals surface area contributed by atoms with Crippen LogP contribution in [0, 0.1) is 13.8 Å². The molecule has 0 aliphatic carbocycles. The maximum absolute atomic E-state index is 12.2. The summed E-state index contributed by atoms with van der Waals surface area (Å²) in [5.41, 5.74) is 4.32. The number of amides is 1.